The highest BCUT2D eigenvalue weighted by Crippen LogP contribution is 2.35. The van der Waals surface area contributed by atoms with Crippen molar-refractivity contribution < 1.29 is 9.13 Å². The smallest absolute Gasteiger partial charge is 0.127 e. The Morgan fingerprint density at radius 3 is 2.48 bits per heavy atom. The molecule has 4 rings (SSSR count). The number of ether oxygens (including phenoxy) is 1. The normalized spacial score (nSPS) is 10.9. The molecular formula is C22H18FN3OS2. The molecule has 29 heavy (non-hydrogen) atoms. The largest absolute Gasteiger partial charge is 0.497 e. The van der Waals surface area contributed by atoms with E-state index in [0.29, 0.717) is 11.3 Å². The summed E-state index contributed by atoms with van der Waals surface area (Å²) in [7, 11) is 1.65. The molecule has 0 aliphatic rings. The van der Waals surface area contributed by atoms with Crippen molar-refractivity contribution in [2.45, 2.75) is 17.7 Å². The summed E-state index contributed by atoms with van der Waals surface area (Å²) in [5.74, 6) is 1.13. The Balaban J connectivity index is 1.50. The van der Waals surface area contributed by atoms with Gasteiger partial charge in [0.25, 0.3) is 0 Å². The van der Waals surface area contributed by atoms with E-state index in [2.05, 4.69) is 15.2 Å². The van der Waals surface area contributed by atoms with Gasteiger partial charge in [-0.2, -0.15) is 0 Å². The Kier molecular flexibility index (Phi) is 5.87. The van der Waals surface area contributed by atoms with E-state index in [1.807, 2.05) is 49.4 Å². The molecule has 2 heterocycles. The van der Waals surface area contributed by atoms with E-state index >= 15 is 0 Å². The highest BCUT2D eigenvalue weighted by Gasteiger charge is 2.13. The lowest BCUT2D eigenvalue weighted by molar-refractivity contribution is 0.415. The van der Waals surface area contributed by atoms with Crippen molar-refractivity contribution in [2.24, 2.45) is 0 Å². The van der Waals surface area contributed by atoms with E-state index in [-0.39, 0.29) is 5.82 Å². The monoisotopic (exact) mass is 423 g/mol. The van der Waals surface area contributed by atoms with Crippen molar-refractivity contribution in [3.05, 3.63) is 77.7 Å². The van der Waals surface area contributed by atoms with Crippen LogP contribution in [0.5, 0.6) is 5.75 Å². The number of hydrogen-bond donors (Lipinski definition) is 0. The van der Waals surface area contributed by atoms with E-state index in [4.69, 9.17) is 4.74 Å². The molecule has 0 bridgehead atoms. The highest BCUT2D eigenvalue weighted by atomic mass is 32.2. The number of thiazole rings is 1. The molecule has 0 radical (unpaired) electrons. The molecule has 4 aromatic rings. The van der Waals surface area contributed by atoms with Gasteiger partial charge in [-0.25, -0.2) is 9.37 Å². The number of halogens is 1. The fourth-order valence-corrected chi connectivity index (χ4v) is 4.61. The Bertz CT molecular complexity index is 1110. The van der Waals surface area contributed by atoms with E-state index in [0.717, 1.165) is 37.6 Å². The number of aryl methyl sites for hydroxylation is 1. The maximum absolute atomic E-state index is 13.7. The summed E-state index contributed by atoms with van der Waals surface area (Å²) < 4.78 is 19.0. The SMILES string of the molecule is COc1ccc(-c2nc(C)c(-c3ccc(SCc4ccccc4F)nn3)s2)cc1. The van der Waals surface area contributed by atoms with E-state index in [9.17, 15) is 4.39 Å². The van der Waals surface area contributed by atoms with Crippen LogP contribution in [0.4, 0.5) is 4.39 Å². The number of benzene rings is 2. The molecule has 0 amide bonds. The first-order chi connectivity index (χ1) is 14.1. The van der Waals surface area contributed by atoms with Gasteiger partial charge >= 0.3 is 0 Å². The molecule has 4 nitrogen and oxygen atoms in total. The quantitative estimate of drug-likeness (QED) is 0.355. The molecule has 0 atom stereocenters. The second kappa shape index (κ2) is 8.71. The minimum absolute atomic E-state index is 0.198. The summed E-state index contributed by atoms with van der Waals surface area (Å²) in [5.41, 5.74) is 3.40. The molecule has 0 unspecified atom stereocenters. The maximum atomic E-state index is 13.7. The Hall–Kier alpha value is -2.77. The van der Waals surface area contributed by atoms with Crippen LogP contribution in [0.25, 0.3) is 21.1 Å². The fourth-order valence-electron chi connectivity index (χ4n) is 2.78. The fraction of sp³-hybridized carbons (Fsp3) is 0.136. The van der Waals surface area contributed by atoms with Gasteiger partial charge in [0, 0.05) is 11.3 Å². The van der Waals surface area contributed by atoms with Gasteiger partial charge in [0.1, 0.15) is 27.3 Å². The minimum atomic E-state index is -0.198. The van der Waals surface area contributed by atoms with Crippen LogP contribution < -0.4 is 4.74 Å². The average Bonchev–Trinajstić information content (AvgIpc) is 3.15. The lowest BCUT2D eigenvalue weighted by atomic mass is 10.2. The molecule has 0 N–H and O–H groups in total. The van der Waals surface area contributed by atoms with Crippen LogP contribution in [0.2, 0.25) is 0 Å². The van der Waals surface area contributed by atoms with Gasteiger partial charge < -0.3 is 4.74 Å². The zero-order chi connectivity index (χ0) is 20.2. The second-order valence-electron chi connectivity index (χ2n) is 6.30. The summed E-state index contributed by atoms with van der Waals surface area (Å²) in [5, 5.41) is 10.4. The zero-order valence-corrected chi connectivity index (χ0v) is 17.6. The number of hydrogen-bond acceptors (Lipinski definition) is 6. The third-order valence-electron chi connectivity index (χ3n) is 4.34. The number of nitrogens with zero attached hydrogens (tertiary/aromatic N) is 3. The lowest BCUT2D eigenvalue weighted by Crippen LogP contribution is -1.91. The Labute approximate surface area is 176 Å². The molecular weight excluding hydrogens is 405 g/mol. The van der Waals surface area contributed by atoms with Crippen molar-refractivity contribution in [3.63, 3.8) is 0 Å². The highest BCUT2D eigenvalue weighted by molar-refractivity contribution is 7.98. The second-order valence-corrected chi connectivity index (χ2v) is 8.29. The van der Waals surface area contributed by atoms with Gasteiger partial charge in [-0.1, -0.05) is 30.0 Å². The van der Waals surface area contributed by atoms with Crippen LogP contribution >= 0.6 is 23.1 Å². The van der Waals surface area contributed by atoms with Gasteiger partial charge in [-0.05, 0) is 55.0 Å². The van der Waals surface area contributed by atoms with Gasteiger partial charge in [0.05, 0.1) is 17.7 Å². The molecule has 0 saturated carbocycles. The maximum Gasteiger partial charge on any atom is 0.127 e. The van der Waals surface area contributed by atoms with Crippen LogP contribution in [0, 0.1) is 12.7 Å². The van der Waals surface area contributed by atoms with E-state index < -0.39 is 0 Å². The van der Waals surface area contributed by atoms with Gasteiger partial charge in [0.2, 0.25) is 0 Å². The third kappa shape index (κ3) is 4.46. The molecule has 7 heteroatoms. The van der Waals surface area contributed by atoms with Crippen molar-refractivity contribution in [3.8, 4) is 26.9 Å². The van der Waals surface area contributed by atoms with Crippen LogP contribution in [0.3, 0.4) is 0 Å². The minimum Gasteiger partial charge on any atom is -0.497 e. The van der Waals surface area contributed by atoms with Crippen molar-refractivity contribution in [2.75, 3.05) is 7.11 Å². The molecule has 2 aromatic heterocycles. The topological polar surface area (TPSA) is 47.9 Å². The van der Waals surface area contributed by atoms with Crippen LogP contribution in [-0.2, 0) is 5.75 Å². The Morgan fingerprint density at radius 2 is 1.79 bits per heavy atom. The van der Waals surface area contributed by atoms with Gasteiger partial charge in [-0.3, -0.25) is 0 Å². The van der Waals surface area contributed by atoms with Crippen molar-refractivity contribution >= 4 is 23.1 Å². The first-order valence-corrected chi connectivity index (χ1v) is 10.8. The predicted molar refractivity (Wildman–Crippen MR) is 116 cm³/mol. The zero-order valence-electron chi connectivity index (χ0n) is 15.9. The molecule has 0 saturated heterocycles. The summed E-state index contributed by atoms with van der Waals surface area (Å²) >= 11 is 3.05. The van der Waals surface area contributed by atoms with Gasteiger partial charge in [-0.15, -0.1) is 21.5 Å². The van der Waals surface area contributed by atoms with E-state index in [1.54, 1.807) is 30.6 Å². The standard InChI is InChI=1S/C22H18FN3OS2/c1-14-21(29-22(24-14)15-7-9-17(27-2)10-8-15)19-11-12-20(26-25-19)28-13-16-5-3-4-6-18(16)23/h3-12H,13H2,1-2H3. The first-order valence-electron chi connectivity index (χ1n) is 8.96. The first kappa shape index (κ1) is 19.5. The third-order valence-corrected chi connectivity index (χ3v) is 6.54. The molecule has 2 aromatic carbocycles. The summed E-state index contributed by atoms with van der Waals surface area (Å²) in [6.45, 7) is 1.97. The van der Waals surface area contributed by atoms with Crippen LogP contribution in [-0.4, -0.2) is 22.3 Å². The number of thioether (sulfide) groups is 1. The summed E-state index contributed by atoms with van der Waals surface area (Å²) in [4.78, 5) is 5.68. The number of aromatic nitrogens is 3. The van der Waals surface area contributed by atoms with Crippen LogP contribution in [0.1, 0.15) is 11.3 Å². The van der Waals surface area contributed by atoms with Gasteiger partial charge in [0.15, 0.2) is 0 Å². The summed E-state index contributed by atoms with van der Waals surface area (Å²) in [6, 6.07) is 18.5. The predicted octanol–water partition coefficient (Wildman–Crippen LogP) is 6.02. The lowest BCUT2D eigenvalue weighted by Gasteiger charge is -2.03. The molecule has 0 fully saturated rings. The van der Waals surface area contributed by atoms with Crippen molar-refractivity contribution in [1.82, 2.24) is 15.2 Å². The Morgan fingerprint density at radius 1 is 1.00 bits per heavy atom. The molecule has 0 spiro atoms. The van der Waals surface area contributed by atoms with E-state index in [1.165, 1.54) is 17.8 Å². The average molecular weight is 424 g/mol. The van der Waals surface area contributed by atoms with Crippen LogP contribution in [0.15, 0.2) is 65.7 Å². The summed E-state index contributed by atoms with van der Waals surface area (Å²) in [6.07, 6.45) is 0. The number of rotatable bonds is 6. The molecule has 0 aliphatic heterocycles. The number of methoxy groups -OCH3 is 1. The molecule has 146 valence electrons. The molecule has 0 aliphatic carbocycles. The van der Waals surface area contributed by atoms with Crippen molar-refractivity contribution in [1.29, 1.82) is 0 Å².